The van der Waals surface area contributed by atoms with Crippen LogP contribution in [0.25, 0.3) is 22.2 Å². The number of hydrogen-bond acceptors (Lipinski definition) is 4. The summed E-state index contributed by atoms with van der Waals surface area (Å²) in [5.74, 6) is -2.23. The summed E-state index contributed by atoms with van der Waals surface area (Å²) in [4.78, 5) is 23.9. The second-order valence-corrected chi connectivity index (χ2v) is 7.84. The van der Waals surface area contributed by atoms with Crippen molar-refractivity contribution < 1.29 is 18.0 Å². The number of aromatic nitrogens is 3. The van der Waals surface area contributed by atoms with Gasteiger partial charge in [0.1, 0.15) is 23.6 Å². The number of nitrogens with zero attached hydrogens (tertiary/aromatic N) is 5. The summed E-state index contributed by atoms with van der Waals surface area (Å²) in [5, 5.41) is 0.548. The van der Waals surface area contributed by atoms with Crippen molar-refractivity contribution in [3.05, 3.63) is 71.9 Å². The molecule has 33 heavy (non-hydrogen) atoms. The zero-order valence-corrected chi connectivity index (χ0v) is 17.6. The van der Waals surface area contributed by atoms with Gasteiger partial charge in [-0.2, -0.15) is 0 Å². The molecule has 2 aromatic carbocycles. The molecule has 168 valence electrons. The van der Waals surface area contributed by atoms with Crippen molar-refractivity contribution in [2.75, 3.05) is 23.7 Å². The molecule has 4 aromatic rings. The number of carbonyl (C=O) groups excluding carboxylic acids is 1. The lowest BCUT2D eigenvalue weighted by Crippen LogP contribution is -2.31. The first-order valence-corrected chi connectivity index (χ1v) is 10.2. The van der Waals surface area contributed by atoms with Crippen molar-refractivity contribution >= 4 is 28.6 Å². The number of benzene rings is 2. The topological polar surface area (TPSA) is 80.3 Å². The van der Waals surface area contributed by atoms with Gasteiger partial charge in [0.25, 0.3) is 0 Å². The molecular formula is C23H19F3N6O. The van der Waals surface area contributed by atoms with Gasteiger partial charge in [-0.05, 0) is 24.3 Å². The molecule has 2 aromatic heterocycles. The first kappa shape index (κ1) is 20.8. The smallest absolute Gasteiger partial charge is 0.324 e. The Kier molecular flexibility index (Phi) is 4.92. The molecule has 1 aliphatic rings. The van der Waals surface area contributed by atoms with Crippen molar-refractivity contribution in [2.45, 2.75) is 6.54 Å². The molecule has 3 heterocycles. The number of carbonyl (C=O) groups is 1. The number of aryl methyl sites for hydroxylation is 1. The molecule has 0 spiro atoms. The van der Waals surface area contributed by atoms with E-state index in [1.165, 1.54) is 34.3 Å². The maximum Gasteiger partial charge on any atom is 0.324 e. The maximum absolute atomic E-state index is 15.2. The number of fused-ring (bicyclic) bond motifs is 1. The van der Waals surface area contributed by atoms with Crippen LogP contribution in [0.2, 0.25) is 0 Å². The van der Waals surface area contributed by atoms with Crippen LogP contribution >= 0.6 is 0 Å². The van der Waals surface area contributed by atoms with Gasteiger partial charge in [-0.1, -0.05) is 12.1 Å². The number of rotatable bonds is 4. The van der Waals surface area contributed by atoms with E-state index >= 15 is 4.39 Å². The first-order valence-electron chi connectivity index (χ1n) is 10.2. The van der Waals surface area contributed by atoms with Gasteiger partial charge in [-0.3, -0.25) is 4.90 Å². The quantitative estimate of drug-likeness (QED) is 0.506. The van der Waals surface area contributed by atoms with Crippen LogP contribution in [0, 0.1) is 17.5 Å². The SMILES string of the molecule is Cn1cc(-c2ccc(N3CCN(Cc4cccc(F)c4F)C3=O)cc2F)c2c(N)ncnc21. The van der Waals surface area contributed by atoms with Crippen LogP contribution in [-0.4, -0.2) is 38.6 Å². The van der Waals surface area contributed by atoms with Crippen LogP contribution in [-0.2, 0) is 13.6 Å². The van der Waals surface area contributed by atoms with E-state index in [2.05, 4.69) is 9.97 Å². The molecule has 2 amide bonds. The van der Waals surface area contributed by atoms with Crippen molar-refractivity contribution in [3.8, 4) is 11.1 Å². The first-order chi connectivity index (χ1) is 15.8. The fraction of sp³-hybridized carbons (Fsp3) is 0.174. The Morgan fingerprint density at radius 2 is 1.85 bits per heavy atom. The Morgan fingerprint density at radius 1 is 1.03 bits per heavy atom. The highest BCUT2D eigenvalue weighted by Gasteiger charge is 2.31. The van der Waals surface area contributed by atoms with E-state index in [4.69, 9.17) is 5.73 Å². The normalized spacial score (nSPS) is 14.0. The van der Waals surface area contributed by atoms with E-state index in [0.717, 1.165) is 6.07 Å². The van der Waals surface area contributed by atoms with Gasteiger partial charge >= 0.3 is 6.03 Å². The Hall–Kier alpha value is -4.08. The van der Waals surface area contributed by atoms with Crippen LogP contribution in [0.3, 0.4) is 0 Å². The Bertz CT molecular complexity index is 1400. The van der Waals surface area contributed by atoms with E-state index in [1.54, 1.807) is 29.9 Å². The largest absolute Gasteiger partial charge is 0.383 e. The minimum Gasteiger partial charge on any atom is -0.383 e. The zero-order valence-electron chi connectivity index (χ0n) is 17.6. The van der Waals surface area contributed by atoms with Gasteiger partial charge in [0.15, 0.2) is 11.6 Å². The summed E-state index contributed by atoms with van der Waals surface area (Å²) in [7, 11) is 1.78. The lowest BCUT2D eigenvalue weighted by molar-refractivity contribution is 0.218. The summed E-state index contributed by atoms with van der Waals surface area (Å²) in [5.41, 5.74) is 7.89. The predicted molar refractivity (Wildman–Crippen MR) is 118 cm³/mol. The zero-order chi connectivity index (χ0) is 23.3. The highest BCUT2D eigenvalue weighted by molar-refractivity contribution is 6.01. The molecule has 0 unspecified atom stereocenters. The standard InChI is InChI=1S/C23H19F3N6O/c1-30-11-16(19-21(27)28-12-29-22(19)30)15-6-5-14(9-18(15)25)32-8-7-31(23(32)33)10-13-3-2-4-17(24)20(13)26/h2-6,9,11-12H,7-8,10H2,1H3,(H2,27,28,29). The van der Waals surface area contributed by atoms with Crippen LogP contribution in [0.4, 0.5) is 29.5 Å². The minimum atomic E-state index is -0.975. The third-order valence-corrected chi connectivity index (χ3v) is 5.83. The average Bonchev–Trinajstić information content (AvgIpc) is 3.32. The summed E-state index contributed by atoms with van der Waals surface area (Å²) in [6.45, 7) is 0.522. The molecule has 7 nitrogen and oxygen atoms in total. The fourth-order valence-electron chi connectivity index (χ4n) is 4.17. The second kappa shape index (κ2) is 7.80. The van der Waals surface area contributed by atoms with E-state index in [9.17, 15) is 13.6 Å². The lowest BCUT2D eigenvalue weighted by Gasteiger charge is -2.19. The predicted octanol–water partition coefficient (Wildman–Crippen LogP) is 4.08. The average molecular weight is 452 g/mol. The molecule has 2 N–H and O–H groups in total. The molecule has 5 rings (SSSR count). The van der Waals surface area contributed by atoms with Crippen molar-refractivity contribution in [2.24, 2.45) is 7.05 Å². The van der Waals surface area contributed by atoms with Crippen LogP contribution in [0.15, 0.2) is 48.9 Å². The molecule has 0 aliphatic carbocycles. The number of nitrogen functional groups attached to an aromatic ring is 1. The summed E-state index contributed by atoms with van der Waals surface area (Å²) < 4.78 is 44.4. The van der Waals surface area contributed by atoms with Crippen molar-refractivity contribution in [3.63, 3.8) is 0 Å². The van der Waals surface area contributed by atoms with E-state index in [-0.39, 0.29) is 17.9 Å². The van der Waals surface area contributed by atoms with Crippen LogP contribution < -0.4 is 10.6 Å². The number of halogens is 3. The number of urea groups is 1. The van der Waals surface area contributed by atoms with Crippen LogP contribution in [0.1, 0.15) is 5.56 Å². The van der Waals surface area contributed by atoms with Gasteiger partial charge < -0.3 is 15.2 Å². The van der Waals surface area contributed by atoms with E-state index in [1.807, 2.05) is 0 Å². The molecule has 0 atom stereocenters. The maximum atomic E-state index is 15.2. The van der Waals surface area contributed by atoms with Gasteiger partial charge in [0, 0.05) is 48.7 Å². The number of amides is 2. The molecule has 10 heteroatoms. The monoisotopic (exact) mass is 452 g/mol. The Labute approximate surface area is 186 Å². The molecule has 1 fully saturated rings. The molecule has 0 radical (unpaired) electrons. The lowest BCUT2D eigenvalue weighted by atomic mass is 10.0. The number of nitrogens with two attached hydrogens (primary N) is 1. The fourth-order valence-corrected chi connectivity index (χ4v) is 4.17. The number of anilines is 2. The third-order valence-electron chi connectivity index (χ3n) is 5.83. The Balaban J connectivity index is 1.43. The van der Waals surface area contributed by atoms with E-state index in [0.29, 0.717) is 40.9 Å². The Morgan fingerprint density at radius 3 is 2.64 bits per heavy atom. The summed E-state index contributed by atoms with van der Waals surface area (Å²) >= 11 is 0. The van der Waals surface area contributed by atoms with E-state index < -0.39 is 23.5 Å². The molecule has 1 saturated heterocycles. The van der Waals surface area contributed by atoms with Crippen molar-refractivity contribution in [1.29, 1.82) is 0 Å². The van der Waals surface area contributed by atoms with Gasteiger partial charge in [-0.15, -0.1) is 0 Å². The van der Waals surface area contributed by atoms with Crippen molar-refractivity contribution in [1.82, 2.24) is 19.4 Å². The molecule has 0 bridgehead atoms. The van der Waals surface area contributed by atoms with Gasteiger partial charge in [-0.25, -0.2) is 27.9 Å². The van der Waals surface area contributed by atoms with Crippen LogP contribution in [0.5, 0.6) is 0 Å². The minimum absolute atomic E-state index is 0.0746. The molecule has 1 aliphatic heterocycles. The van der Waals surface area contributed by atoms with Gasteiger partial charge in [0.2, 0.25) is 0 Å². The third kappa shape index (κ3) is 3.43. The van der Waals surface area contributed by atoms with Gasteiger partial charge in [0.05, 0.1) is 11.9 Å². The highest BCUT2D eigenvalue weighted by atomic mass is 19.2. The molecule has 0 saturated carbocycles. The summed E-state index contributed by atoms with van der Waals surface area (Å²) in [6, 6.07) is 7.94. The second-order valence-electron chi connectivity index (χ2n) is 7.84. The number of hydrogen-bond donors (Lipinski definition) is 1. The highest BCUT2D eigenvalue weighted by Crippen LogP contribution is 2.35. The summed E-state index contributed by atoms with van der Waals surface area (Å²) in [6.07, 6.45) is 3.07. The molecular weight excluding hydrogens is 433 g/mol.